The molecule has 22 heavy (non-hydrogen) atoms. The second-order valence-electron chi connectivity index (χ2n) is 6.53. The van der Waals surface area contributed by atoms with E-state index in [0.29, 0.717) is 16.9 Å². The predicted octanol–water partition coefficient (Wildman–Crippen LogP) is 1.92. The first-order chi connectivity index (χ1) is 10.2. The number of aryl methyl sites for hydroxylation is 1. The van der Waals surface area contributed by atoms with Crippen molar-refractivity contribution in [2.75, 3.05) is 0 Å². The molecule has 116 valence electrons. The molecule has 3 rings (SSSR count). The van der Waals surface area contributed by atoms with Crippen LogP contribution in [-0.4, -0.2) is 33.1 Å². The Labute approximate surface area is 129 Å². The van der Waals surface area contributed by atoms with Gasteiger partial charge in [-0.2, -0.15) is 5.10 Å². The average molecular weight is 303 g/mol. The van der Waals surface area contributed by atoms with Crippen molar-refractivity contribution in [2.45, 2.75) is 38.9 Å². The largest absolute Gasteiger partial charge is 0.494 e. The molecule has 0 unspecified atom stereocenters. The number of halogens is 1. The standard InChI is InChI=1S/C15H19BFN3O2/c1-14(2)15(3,4)22-16(21-14)10-6-7-11(12(17)8-10)13-18-9-19-20(13)5/h6-9H,1-5H3. The van der Waals surface area contributed by atoms with Crippen molar-refractivity contribution < 1.29 is 13.7 Å². The highest BCUT2D eigenvalue weighted by Crippen LogP contribution is 2.36. The lowest BCUT2D eigenvalue weighted by molar-refractivity contribution is 0.00578. The molecular weight excluding hydrogens is 284 g/mol. The Bertz CT molecular complexity index is 699. The van der Waals surface area contributed by atoms with Gasteiger partial charge in [-0.15, -0.1) is 0 Å². The van der Waals surface area contributed by atoms with Gasteiger partial charge < -0.3 is 9.31 Å². The molecule has 1 aliphatic heterocycles. The number of nitrogens with zero attached hydrogens (tertiary/aromatic N) is 3. The summed E-state index contributed by atoms with van der Waals surface area (Å²) in [7, 11) is 1.15. The molecule has 0 amide bonds. The summed E-state index contributed by atoms with van der Waals surface area (Å²) in [5.41, 5.74) is 0.162. The SMILES string of the molecule is Cn1ncnc1-c1ccc(B2OC(C)(C)C(C)(C)O2)cc1F. The highest BCUT2D eigenvalue weighted by molar-refractivity contribution is 6.62. The molecule has 0 spiro atoms. The molecule has 1 aromatic heterocycles. The maximum absolute atomic E-state index is 14.4. The molecule has 5 nitrogen and oxygen atoms in total. The van der Waals surface area contributed by atoms with E-state index in [9.17, 15) is 4.39 Å². The van der Waals surface area contributed by atoms with E-state index in [4.69, 9.17) is 9.31 Å². The third-order valence-electron chi connectivity index (χ3n) is 4.47. The van der Waals surface area contributed by atoms with Crippen LogP contribution in [0.3, 0.4) is 0 Å². The van der Waals surface area contributed by atoms with Gasteiger partial charge in [0.05, 0.1) is 16.8 Å². The lowest BCUT2D eigenvalue weighted by Crippen LogP contribution is -2.41. The minimum Gasteiger partial charge on any atom is -0.399 e. The second-order valence-corrected chi connectivity index (χ2v) is 6.53. The number of rotatable bonds is 2. The quantitative estimate of drug-likeness (QED) is 0.795. The highest BCUT2D eigenvalue weighted by atomic mass is 19.1. The summed E-state index contributed by atoms with van der Waals surface area (Å²) in [4.78, 5) is 4.07. The molecule has 2 heterocycles. The molecule has 1 saturated heterocycles. The molecule has 1 fully saturated rings. The zero-order valence-corrected chi connectivity index (χ0v) is 13.4. The first kappa shape index (κ1) is 15.2. The Morgan fingerprint density at radius 2 is 1.77 bits per heavy atom. The molecule has 0 bridgehead atoms. The molecule has 2 aromatic rings. The van der Waals surface area contributed by atoms with E-state index in [1.54, 1.807) is 19.2 Å². The molecule has 7 heteroatoms. The first-order valence-corrected chi connectivity index (χ1v) is 7.21. The fourth-order valence-electron chi connectivity index (χ4n) is 2.38. The van der Waals surface area contributed by atoms with Gasteiger partial charge in [0.2, 0.25) is 0 Å². The first-order valence-electron chi connectivity index (χ1n) is 7.21. The van der Waals surface area contributed by atoms with Gasteiger partial charge in [0.15, 0.2) is 5.82 Å². The third-order valence-corrected chi connectivity index (χ3v) is 4.47. The van der Waals surface area contributed by atoms with Crippen LogP contribution in [0, 0.1) is 5.82 Å². The lowest BCUT2D eigenvalue weighted by atomic mass is 9.78. The minimum absolute atomic E-state index is 0.372. The van der Waals surface area contributed by atoms with Crippen molar-refractivity contribution >= 4 is 12.6 Å². The van der Waals surface area contributed by atoms with Crippen LogP contribution in [0.15, 0.2) is 24.5 Å². The molecule has 1 aromatic carbocycles. The minimum atomic E-state index is -0.576. The fraction of sp³-hybridized carbons (Fsp3) is 0.467. The van der Waals surface area contributed by atoms with E-state index in [0.717, 1.165) is 0 Å². The van der Waals surface area contributed by atoms with Crippen LogP contribution in [0.5, 0.6) is 0 Å². The van der Waals surface area contributed by atoms with Gasteiger partial charge in [-0.25, -0.2) is 14.1 Å². The molecule has 1 aliphatic rings. The lowest BCUT2D eigenvalue weighted by Gasteiger charge is -2.32. The van der Waals surface area contributed by atoms with E-state index >= 15 is 0 Å². The number of benzene rings is 1. The highest BCUT2D eigenvalue weighted by Gasteiger charge is 2.51. The fourth-order valence-corrected chi connectivity index (χ4v) is 2.38. The maximum atomic E-state index is 14.4. The van der Waals surface area contributed by atoms with Crippen LogP contribution < -0.4 is 5.46 Å². The van der Waals surface area contributed by atoms with Gasteiger partial charge >= 0.3 is 7.12 Å². The summed E-state index contributed by atoms with van der Waals surface area (Å²) >= 11 is 0. The molecule has 0 N–H and O–H groups in total. The second kappa shape index (κ2) is 4.89. The Morgan fingerprint density at radius 1 is 1.14 bits per heavy atom. The number of hydrogen-bond acceptors (Lipinski definition) is 4. The Hall–Kier alpha value is -1.73. The van der Waals surface area contributed by atoms with Crippen LogP contribution in [0.1, 0.15) is 27.7 Å². The number of hydrogen-bond donors (Lipinski definition) is 0. The summed E-state index contributed by atoms with van der Waals surface area (Å²) in [6.45, 7) is 7.88. The van der Waals surface area contributed by atoms with Crippen LogP contribution >= 0.6 is 0 Å². The summed E-state index contributed by atoms with van der Waals surface area (Å²) in [6, 6.07) is 4.92. The van der Waals surface area contributed by atoms with Gasteiger partial charge in [-0.3, -0.25) is 0 Å². The van der Waals surface area contributed by atoms with Crippen LogP contribution in [-0.2, 0) is 16.4 Å². The molecule has 0 radical (unpaired) electrons. The smallest absolute Gasteiger partial charge is 0.399 e. The molecular formula is C15H19BFN3O2. The van der Waals surface area contributed by atoms with E-state index in [2.05, 4.69) is 10.1 Å². The third kappa shape index (κ3) is 2.34. The van der Waals surface area contributed by atoms with Crippen molar-refractivity contribution in [3.8, 4) is 11.4 Å². The van der Waals surface area contributed by atoms with Gasteiger partial charge in [0, 0.05) is 7.05 Å². The Morgan fingerprint density at radius 3 is 2.27 bits per heavy atom. The summed E-state index contributed by atoms with van der Waals surface area (Å²) in [5, 5.41) is 3.96. The zero-order chi connectivity index (χ0) is 16.1. The Kier molecular flexibility index (Phi) is 3.38. The van der Waals surface area contributed by atoms with Crippen LogP contribution in [0.25, 0.3) is 11.4 Å². The van der Waals surface area contributed by atoms with E-state index in [-0.39, 0.29) is 5.82 Å². The summed E-state index contributed by atoms with van der Waals surface area (Å²) in [5.74, 6) is 0.112. The predicted molar refractivity (Wildman–Crippen MR) is 82.1 cm³/mol. The van der Waals surface area contributed by atoms with E-state index in [1.807, 2.05) is 27.7 Å². The van der Waals surface area contributed by atoms with Crippen LogP contribution in [0.2, 0.25) is 0 Å². The van der Waals surface area contributed by atoms with Gasteiger partial charge in [-0.05, 0) is 45.3 Å². The summed E-state index contributed by atoms with van der Waals surface area (Å²) in [6.07, 6.45) is 1.40. The van der Waals surface area contributed by atoms with Crippen molar-refractivity contribution in [3.63, 3.8) is 0 Å². The van der Waals surface area contributed by atoms with Crippen molar-refractivity contribution in [3.05, 3.63) is 30.3 Å². The van der Waals surface area contributed by atoms with Crippen molar-refractivity contribution in [1.82, 2.24) is 14.8 Å². The van der Waals surface area contributed by atoms with Gasteiger partial charge in [0.25, 0.3) is 0 Å². The van der Waals surface area contributed by atoms with Crippen molar-refractivity contribution in [1.29, 1.82) is 0 Å². The summed E-state index contributed by atoms with van der Waals surface area (Å²) < 4.78 is 27.8. The maximum Gasteiger partial charge on any atom is 0.494 e. The van der Waals surface area contributed by atoms with Gasteiger partial charge in [-0.1, -0.05) is 6.07 Å². The zero-order valence-electron chi connectivity index (χ0n) is 13.4. The normalized spacial score (nSPS) is 19.6. The Balaban J connectivity index is 1.92. The van der Waals surface area contributed by atoms with Crippen LogP contribution in [0.4, 0.5) is 4.39 Å². The average Bonchev–Trinajstić information content (AvgIpc) is 2.91. The topological polar surface area (TPSA) is 49.2 Å². The van der Waals surface area contributed by atoms with Crippen molar-refractivity contribution in [2.24, 2.45) is 7.05 Å². The van der Waals surface area contributed by atoms with Gasteiger partial charge in [0.1, 0.15) is 12.1 Å². The molecule has 0 atom stereocenters. The molecule has 0 aliphatic carbocycles. The number of aromatic nitrogens is 3. The molecule has 0 saturated carbocycles. The van der Waals surface area contributed by atoms with E-state index < -0.39 is 18.3 Å². The van der Waals surface area contributed by atoms with E-state index in [1.165, 1.54) is 17.1 Å². The monoisotopic (exact) mass is 303 g/mol.